The summed E-state index contributed by atoms with van der Waals surface area (Å²) >= 11 is 0. The molecule has 5 nitrogen and oxygen atoms in total. The summed E-state index contributed by atoms with van der Waals surface area (Å²) < 4.78 is 1.88. The predicted molar refractivity (Wildman–Crippen MR) is 86.1 cm³/mol. The fourth-order valence-electron chi connectivity index (χ4n) is 3.34. The van der Waals surface area contributed by atoms with Crippen LogP contribution in [0.5, 0.6) is 0 Å². The Balaban J connectivity index is 1.81. The highest BCUT2D eigenvalue weighted by Gasteiger charge is 2.30. The smallest absolute Gasteiger partial charge is 0.0969 e. The minimum Gasteiger partial charge on any atom is -0.396 e. The van der Waals surface area contributed by atoms with E-state index in [1.54, 1.807) is 12.4 Å². The van der Waals surface area contributed by atoms with E-state index < -0.39 is 0 Å². The zero-order valence-electron chi connectivity index (χ0n) is 13.4. The Morgan fingerprint density at radius 1 is 1.32 bits per heavy atom. The van der Waals surface area contributed by atoms with E-state index >= 15 is 0 Å². The summed E-state index contributed by atoms with van der Waals surface area (Å²) in [6, 6.07) is 4.00. The number of pyridine rings is 1. The molecule has 118 valence electrons. The Morgan fingerprint density at radius 3 is 2.82 bits per heavy atom. The highest BCUT2D eigenvalue weighted by Crippen LogP contribution is 2.31. The van der Waals surface area contributed by atoms with Gasteiger partial charge < -0.3 is 5.11 Å². The summed E-state index contributed by atoms with van der Waals surface area (Å²) in [5, 5.41) is 14.2. The van der Waals surface area contributed by atoms with Crippen molar-refractivity contribution >= 4 is 0 Å². The van der Waals surface area contributed by atoms with Gasteiger partial charge in [-0.05, 0) is 31.5 Å². The molecule has 2 aromatic rings. The lowest BCUT2D eigenvalue weighted by Gasteiger charge is -2.39. The molecule has 0 saturated carbocycles. The maximum Gasteiger partial charge on any atom is 0.0969 e. The van der Waals surface area contributed by atoms with Gasteiger partial charge in [0.05, 0.1) is 5.69 Å². The molecule has 0 aliphatic carbocycles. The molecule has 1 atom stereocenters. The lowest BCUT2D eigenvalue weighted by molar-refractivity contribution is 0.0430. The van der Waals surface area contributed by atoms with Crippen LogP contribution in [0.25, 0.3) is 11.3 Å². The third kappa shape index (κ3) is 3.20. The lowest BCUT2D eigenvalue weighted by atomic mass is 9.82. The van der Waals surface area contributed by atoms with Crippen LogP contribution < -0.4 is 0 Å². The fraction of sp³-hybridized carbons (Fsp3) is 0.529. The first-order valence-corrected chi connectivity index (χ1v) is 7.86. The van der Waals surface area contributed by atoms with Crippen LogP contribution in [0, 0.1) is 5.41 Å². The SMILES string of the molecule is Cn1cc(CN2CCCC(C)(CO)C2)c(-c2ccncc2)n1. The summed E-state index contributed by atoms with van der Waals surface area (Å²) in [5.41, 5.74) is 3.39. The predicted octanol–water partition coefficient (Wildman–Crippen LogP) is 2.08. The van der Waals surface area contributed by atoms with Gasteiger partial charge in [0.15, 0.2) is 0 Å². The minimum absolute atomic E-state index is 0.0251. The summed E-state index contributed by atoms with van der Waals surface area (Å²) in [5.74, 6) is 0. The summed E-state index contributed by atoms with van der Waals surface area (Å²) in [6.07, 6.45) is 7.95. The Hall–Kier alpha value is -1.72. The molecular formula is C17H24N4O. The number of hydrogen-bond donors (Lipinski definition) is 1. The summed E-state index contributed by atoms with van der Waals surface area (Å²) in [6.45, 7) is 5.33. The van der Waals surface area contributed by atoms with Crippen molar-refractivity contribution in [3.05, 3.63) is 36.3 Å². The van der Waals surface area contributed by atoms with Gasteiger partial charge in [0.1, 0.15) is 0 Å². The molecule has 1 saturated heterocycles. The lowest BCUT2D eigenvalue weighted by Crippen LogP contribution is -2.43. The van der Waals surface area contributed by atoms with Crippen molar-refractivity contribution in [1.82, 2.24) is 19.7 Å². The number of hydrogen-bond acceptors (Lipinski definition) is 4. The molecule has 0 bridgehead atoms. The van der Waals surface area contributed by atoms with E-state index in [2.05, 4.69) is 28.1 Å². The molecule has 1 N–H and O–H groups in total. The molecule has 0 amide bonds. The van der Waals surface area contributed by atoms with Gasteiger partial charge >= 0.3 is 0 Å². The van der Waals surface area contributed by atoms with Crippen LogP contribution in [0.3, 0.4) is 0 Å². The van der Waals surface area contributed by atoms with E-state index in [1.807, 2.05) is 23.9 Å². The summed E-state index contributed by atoms with van der Waals surface area (Å²) in [7, 11) is 1.96. The quantitative estimate of drug-likeness (QED) is 0.939. The Bertz CT molecular complexity index is 625. The number of aryl methyl sites for hydroxylation is 1. The number of aliphatic hydroxyl groups is 1. The third-order valence-electron chi connectivity index (χ3n) is 4.49. The van der Waals surface area contributed by atoms with Gasteiger partial charge in [-0.3, -0.25) is 14.6 Å². The first kappa shape index (κ1) is 15.2. The molecule has 2 aromatic heterocycles. The van der Waals surface area contributed by atoms with Gasteiger partial charge in [0, 0.05) is 61.9 Å². The number of likely N-dealkylation sites (tertiary alicyclic amines) is 1. The highest BCUT2D eigenvalue weighted by atomic mass is 16.3. The molecule has 1 aliphatic heterocycles. The fourth-order valence-corrected chi connectivity index (χ4v) is 3.34. The molecule has 0 radical (unpaired) electrons. The van der Waals surface area contributed by atoms with Crippen LogP contribution in [0.1, 0.15) is 25.3 Å². The molecule has 3 rings (SSSR count). The normalized spacial score (nSPS) is 22.9. The van der Waals surface area contributed by atoms with E-state index in [0.717, 1.165) is 43.7 Å². The van der Waals surface area contributed by atoms with Gasteiger partial charge in [-0.2, -0.15) is 5.10 Å². The molecule has 1 aliphatic rings. The number of rotatable bonds is 4. The molecule has 22 heavy (non-hydrogen) atoms. The molecule has 3 heterocycles. The van der Waals surface area contributed by atoms with Crippen LogP contribution >= 0.6 is 0 Å². The largest absolute Gasteiger partial charge is 0.396 e. The first-order valence-electron chi connectivity index (χ1n) is 7.86. The number of piperidine rings is 1. The van der Waals surface area contributed by atoms with E-state index in [0.29, 0.717) is 0 Å². The molecule has 5 heteroatoms. The average Bonchev–Trinajstić information content (AvgIpc) is 2.89. The van der Waals surface area contributed by atoms with Crippen molar-refractivity contribution in [2.75, 3.05) is 19.7 Å². The van der Waals surface area contributed by atoms with Crippen LogP contribution in [-0.2, 0) is 13.6 Å². The van der Waals surface area contributed by atoms with E-state index in [4.69, 9.17) is 0 Å². The monoisotopic (exact) mass is 300 g/mol. The standard InChI is InChI=1S/C17H24N4O/c1-17(13-22)6-3-9-21(12-17)11-15-10-20(2)19-16(15)14-4-7-18-8-5-14/h4-5,7-8,10,22H,3,6,9,11-13H2,1-2H3. The topological polar surface area (TPSA) is 54.2 Å². The second kappa shape index (κ2) is 6.18. The van der Waals surface area contributed by atoms with Gasteiger partial charge in [0.25, 0.3) is 0 Å². The third-order valence-corrected chi connectivity index (χ3v) is 4.49. The molecular weight excluding hydrogens is 276 g/mol. The highest BCUT2D eigenvalue weighted by molar-refractivity contribution is 5.61. The molecule has 0 spiro atoms. The minimum atomic E-state index is 0.0251. The Kier molecular flexibility index (Phi) is 4.27. The van der Waals surface area contributed by atoms with E-state index in [1.165, 1.54) is 5.56 Å². The number of nitrogens with zero attached hydrogens (tertiary/aromatic N) is 4. The van der Waals surface area contributed by atoms with Crippen molar-refractivity contribution in [1.29, 1.82) is 0 Å². The van der Waals surface area contributed by atoms with Gasteiger partial charge in [-0.15, -0.1) is 0 Å². The number of aliphatic hydroxyl groups excluding tert-OH is 1. The van der Waals surface area contributed by atoms with E-state index in [-0.39, 0.29) is 12.0 Å². The summed E-state index contributed by atoms with van der Waals surface area (Å²) in [4.78, 5) is 6.51. The molecule has 1 unspecified atom stereocenters. The van der Waals surface area contributed by atoms with Gasteiger partial charge in [0.2, 0.25) is 0 Å². The van der Waals surface area contributed by atoms with Crippen molar-refractivity contribution in [2.24, 2.45) is 12.5 Å². The Labute approximate surface area is 131 Å². The van der Waals surface area contributed by atoms with Crippen molar-refractivity contribution in [3.63, 3.8) is 0 Å². The van der Waals surface area contributed by atoms with Crippen LogP contribution in [0.4, 0.5) is 0 Å². The zero-order valence-corrected chi connectivity index (χ0v) is 13.4. The van der Waals surface area contributed by atoms with Crippen molar-refractivity contribution < 1.29 is 5.11 Å². The molecule has 0 aromatic carbocycles. The van der Waals surface area contributed by atoms with Gasteiger partial charge in [-0.25, -0.2) is 0 Å². The second-order valence-electron chi connectivity index (χ2n) is 6.70. The number of aromatic nitrogens is 3. The van der Waals surface area contributed by atoms with Crippen LogP contribution in [0.15, 0.2) is 30.7 Å². The van der Waals surface area contributed by atoms with Crippen LogP contribution in [-0.4, -0.2) is 44.5 Å². The van der Waals surface area contributed by atoms with Crippen molar-refractivity contribution in [2.45, 2.75) is 26.3 Å². The maximum absolute atomic E-state index is 9.62. The second-order valence-corrected chi connectivity index (χ2v) is 6.70. The molecule has 1 fully saturated rings. The Morgan fingerprint density at radius 2 is 2.09 bits per heavy atom. The first-order chi connectivity index (χ1) is 10.6. The van der Waals surface area contributed by atoms with Crippen molar-refractivity contribution in [3.8, 4) is 11.3 Å². The zero-order chi connectivity index (χ0) is 15.6. The van der Waals surface area contributed by atoms with Crippen LogP contribution in [0.2, 0.25) is 0 Å². The van der Waals surface area contributed by atoms with E-state index in [9.17, 15) is 5.11 Å². The average molecular weight is 300 g/mol. The van der Waals surface area contributed by atoms with Gasteiger partial charge in [-0.1, -0.05) is 6.92 Å². The maximum atomic E-state index is 9.62.